The average molecular weight is 412 g/mol. The van der Waals surface area contributed by atoms with Gasteiger partial charge in [0, 0.05) is 7.05 Å². The fourth-order valence-electron chi connectivity index (χ4n) is 1.96. The molecule has 26 heavy (non-hydrogen) atoms. The molecule has 2 aromatic rings. The van der Waals surface area contributed by atoms with E-state index >= 15 is 0 Å². The van der Waals surface area contributed by atoms with E-state index in [2.05, 4.69) is 9.84 Å². The third-order valence-electron chi connectivity index (χ3n) is 3.23. The van der Waals surface area contributed by atoms with Gasteiger partial charge in [0.05, 0.1) is 10.5 Å². The van der Waals surface area contributed by atoms with Gasteiger partial charge in [0.1, 0.15) is 11.8 Å². The van der Waals surface area contributed by atoms with E-state index < -0.39 is 40.2 Å². The van der Waals surface area contributed by atoms with Crippen molar-refractivity contribution in [2.45, 2.75) is 24.6 Å². The van der Waals surface area contributed by atoms with Gasteiger partial charge in [-0.25, -0.2) is 17.9 Å². The number of nitrogens with zero attached hydrogens (tertiary/aromatic N) is 2. The highest BCUT2D eigenvalue weighted by molar-refractivity contribution is 7.90. The quantitative estimate of drug-likeness (QED) is 0.835. The maximum Gasteiger partial charge on any atom is 0.435 e. The molecule has 0 aliphatic carbocycles. The minimum atomic E-state index is -4.81. The summed E-state index contributed by atoms with van der Waals surface area (Å²) in [6.07, 6.45) is -6.26. The molecule has 0 bridgehead atoms. The Morgan fingerprint density at radius 3 is 2.42 bits per heavy atom. The summed E-state index contributed by atoms with van der Waals surface area (Å²) >= 11 is 5.72. The van der Waals surface area contributed by atoms with Gasteiger partial charge in [0.15, 0.2) is 5.69 Å². The Labute approximate surface area is 151 Å². The topological polar surface area (TPSA) is 90.3 Å². The second-order valence-electron chi connectivity index (χ2n) is 5.23. The highest BCUT2D eigenvalue weighted by Crippen LogP contribution is 2.34. The van der Waals surface area contributed by atoms with Crippen molar-refractivity contribution >= 4 is 27.7 Å². The van der Waals surface area contributed by atoms with Crippen LogP contribution in [-0.2, 0) is 34.6 Å². The van der Waals surface area contributed by atoms with Crippen LogP contribution in [-0.4, -0.2) is 24.3 Å². The molecule has 0 unspecified atom stereocenters. The molecule has 1 heterocycles. The number of benzene rings is 1. The van der Waals surface area contributed by atoms with E-state index in [0.29, 0.717) is 0 Å². The Kier molecular flexibility index (Phi) is 5.52. The monoisotopic (exact) mass is 411 g/mol. The second-order valence-corrected chi connectivity index (χ2v) is 7.27. The molecule has 12 heteroatoms. The number of carbonyl (C=O) groups is 1. The fraction of sp³-hybridized carbons (Fsp3) is 0.286. The molecule has 0 atom stereocenters. The molecular formula is C14H13ClF3N3O4S. The van der Waals surface area contributed by atoms with Crippen molar-refractivity contribution in [2.75, 3.05) is 0 Å². The predicted molar refractivity (Wildman–Crippen MR) is 84.9 cm³/mol. The molecule has 0 spiro atoms. The molecule has 1 aromatic carbocycles. The molecule has 0 saturated heterocycles. The van der Waals surface area contributed by atoms with E-state index in [9.17, 15) is 26.4 Å². The van der Waals surface area contributed by atoms with E-state index in [4.69, 9.17) is 11.6 Å². The van der Waals surface area contributed by atoms with Gasteiger partial charge in [-0.1, -0.05) is 29.3 Å². The minimum absolute atomic E-state index is 0.199. The van der Waals surface area contributed by atoms with Crippen molar-refractivity contribution in [3.63, 3.8) is 0 Å². The molecular weight excluding hydrogens is 399 g/mol. The summed E-state index contributed by atoms with van der Waals surface area (Å²) in [4.78, 5) is 11.5. The lowest BCUT2D eigenvalue weighted by Crippen LogP contribution is -2.31. The van der Waals surface area contributed by atoms with Crippen molar-refractivity contribution in [1.82, 2.24) is 14.5 Å². The standard InChI is InChI=1S/C14H13ClF3N3O4S/c1-8-3-5-9(6-4-8)26(23,24)20-13(22)25-7-10-11(14(16,17)18)19-21(2)12(10)15/h3-6H,7H2,1-2H3,(H,20,22). The second kappa shape index (κ2) is 7.16. The molecule has 7 nitrogen and oxygen atoms in total. The van der Waals surface area contributed by atoms with Gasteiger partial charge in [0.2, 0.25) is 0 Å². The molecule has 1 amide bonds. The summed E-state index contributed by atoms with van der Waals surface area (Å²) in [5, 5.41) is 2.84. The van der Waals surface area contributed by atoms with Crippen molar-refractivity contribution in [3.05, 3.63) is 46.2 Å². The van der Waals surface area contributed by atoms with E-state index in [1.165, 1.54) is 31.3 Å². The van der Waals surface area contributed by atoms with Gasteiger partial charge in [0.25, 0.3) is 10.0 Å². The van der Waals surface area contributed by atoms with E-state index in [1.54, 1.807) is 11.6 Å². The number of carbonyl (C=O) groups excluding carboxylic acids is 1. The zero-order chi connectivity index (χ0) is 19.7. The van der Waals surface area contributed by atoms with Gasteiger partial charge < -0.3 is 4.74 Å². The summed E-state index contributed by atoms with van der Waals surface area (Å²) < 4.78 is 69.7. The Balaban J connectivity index is 2.11. The molecule has 2 rings (SSSR count). The predicted octanol–water partition coefficient (Wildman–Crippen LogP) is 3.02. The highest BCUT2D eigenvalue weighted by atomic mass is 35.5. The van der Waals surface area contributed by atoms with Crippen molar-refractivity contribution in [2.24, 2.45) is 7.05 Å². The normalized spacial score (nSPS) is 12.1. The zero-order valence-corrected chi connectivity index (χ0v) is 15.0. The van der Waals surface area contributed by atoms with Gasteiger partial charge in [-0.2, -0.15) is 18.3 Å². The van der Waals surface area contributed by atoms with Crippen LogP contribution in [0.5, 0.6) is 0 Å². The van der Waals surface area contributed by atoms with Crippen LogP contribution >= 0.6 is 11.6 Å². The molecule has 1 aromatic heterocycles. The van der Waals surface area contributed by atoms with Crippen LogP contribution in [0.3, 0.4) is 0 Å². The lowest BCUT2D eigenvalue weighted by atomic mass is 10.2. The van der Waals surface area contributed by atoms with E-state index in [-0.39, 0.29) is 10.0 Å². The number of alkyl halides is 3. The lowest BCUT2D eigenvalue weighted by molar-refractivity contribution is -0.142. The molecule has 1 N–H and O–H groups in total. The Hall–Kier alpha value is -2.27. The number of ether oxygens (including phenoxy) is 1. The number of hydrogen-bond donors (Lipinski definition) is 1. The molecule has 0 aliphatic heterocycles. The zero-order valence-electron chi connectivity index (χ0n) is 13.5. The van der Waals surface area contributed by atoms with E-state index in [1.807, 2.05) is 0 Å². The van der Waals surface area contributed by atoms with Crippen LogP contribution < -0.4 is 4.72 Å². The lowest BCUT2D eigenvalue weighted by Gasteiger charge is -2.09. The number of nitrogens with one attached hydrogen (secondary N) is 1. The summed E-state index contributed by atoms with van der Waals surface area (Å²) in [5.74, 6) is 0. The van der Waals surface area contributed by atoms with Gasteiger partial charge in [-0.05, 0) is 19.1 Å². The molecule has 0 fully saturated rings. The summed E-state index contributed by atoms with van der Waals surface area (Å²) in [7, 11) is -3.04. The number of halogens is 4. The van der Waals surface area contributed by atoms with Crippen LogP contribution in [0.4, 0.5) is 18.0 Å². The SMILES string of the molecule is Cc1ccc(S(=O)(=O)NC(=O)OCc2c(C(F)(F)F)nn(C)c2Cl)cc1. The maximum atomic E-state index is 12.9. The van der Waals surface area contributed by atoms with Crippen molar-refractivity contribution in [3.8, 4) is 0 Å². The molecule has 0 aliphatic rings. The average Bonchev–Trinajstić information content (AvgIpc) is 2.81. The van der Waals surface area contributed by atoms with Crippen molar-refractivity contribution in [1.29, 1.82) is 0 Å². The first-order valence-electron chi connectivity index (χ1n) is 6.96. The summed E-state index contributed by atoms with van der Waals surface area (Å²) in [6.45, 7) is 0.838. The Bertz CT molecular complexity index is 924. The summed E-state index contributed by atoms with van der Waals surface area (Å²) in [5.41, 5.74) is -1.10. The first-order valence-corrected chi connectivity index (χ1v) is 8.82. The molecule has 0 saturated carbocycles. The number of rotatable bonds is 4. The first kappa shape index (κ1) is 20.0. The van der Waals surface area contributed by atoms with Crippen LogP contribution in [0.25, 0.3) is 0 Å². The number of aryl methyl sites for hydroxylation is 2. The van der Waals surface area contributed by atoms with Gasteiger partial charge >= 0.3 is 12.3 Å². The van der Waals surface area contributed by atoms with Crippen LogP contribution in [0.15, 0.2) is 29.2 Å². The Morgan fingerprint density at radius 1 is 1.31 bits per heavy atom. The largest absolute Gasteiger partial charge is 0.444 e. The third kappa shape index (κ3) is 4.47. The maximum absolute atomic E-state index is 12.9. The minimum Gasteiger partial charge on any atom is -0.444 e. The number of sulfonamides is 1. The van der Waals surface area contributed by atoms with E-state index in [0.717, 1.165) is 10.2 Å². The van der Waals surface area contributed by atoms with Crippen molar-refractivity contribution < 1.29 is 31.1 Å². The number of amides is 1. The van der Waals surface area contributed by atoms with Crippen LogP contribution in [0.2, 0.25) is 5.15 Å². The summed E-state index contributed by atoms with van der Waals surface area (Å²) in [6, 6.07) is 5.57. The molecule has 142 valence electrons. The smallest absolute Gasteiger partial charge is 0.435 e. The number of aromatic nitrogens is 2. The Morgan fingerprint density at radius 2 is 1.88 bits per heavy atom. The fourth-order valence-corrected chi connectivity index (χ4v) is 3.03. The number of hydrogen-bond acceptors (Lipinski definition) is 5. The highest BCUT2D eigenvalue weighted by Gasteiger charge is 2.39. The molecule has 0 radical (unpaired) electrons. The van der Waals surface area contributed by atoms with Gasteiger partial charge in [-0.15, -0.1) is 0 Å². The van der Waals surface area contributed by atoms with Gasteiger partial charge in [-0.3, -0.25) is 4.68 Å². The van der Waals surface area contributed by atoms with Crippen LogP contribution in [0, 0.1) is 6.92 Å². The first-order chi connectivity index (χ1) is 11.9. The van der Waals surface area contributed by atoms with Crippen LogP contribution in [0.1, 0.15) is 16.8 Å². The third-order valence-corrected chi connectivity index (χ3v) is 5.03.